The van der Waals surface area contributed by atoms with Crippen LogP contribution in [0.5, 0.6) is 0 Å². The normalized spacial score (nSPS) is 11.9. The number of nitrogens with one attached hydrogen (secondary N) is 1. The largest absolute Gasteiger partial charge is 0.351 e. The van der Waals surface area contributed by atoms with Gasteiger partial charge in [0.1, 0.15) is 0 Å². The standard InChI is InChI=1S/C17H21N3O/c1-13-11-19-10-9-15(13)12-20-17(21)16(18)8-7-14-5-3-2-4-6-14/h2-6,9-11,16H,7-8,12,18H2,1H3,(H,20,21)/t16-/m1/s1. The smallest absolute Gasteiger partial charge is 0.237 e. The SMILES string of the molecule is Cc1cnccc1CNC(=O)[C@H](N)CCc1ccccc1. The molecule has 0 radical (unpaired) electrons. The van der Waals surface area contributed by atoms with Crippen molar-refractivity contribution in [2.24, 2.45) is 5.73 Å². The number of amides is 1. The number of hydrogen-bond donors (Lipinski definition) is 2. The van der Waals surface area contributed by atoms with Crippen LogP contribution in [0.3, 0.4) is 0 Å². The van der Waals surface area contributed by atoms with Crippen LogP contribution in [0, 0.1) is 6.92 Å². The second-order valence-corrected chi connectivity index (χ2v) is 5.15. The fraction of sp³-hybridized carbons (Fsp3) is 0.294. The summed E-state index contributed by atoms with van der Waals surface area (Å²) in [6.45, 7) is 2.47. The van der Waals surface area contributed by atoms with Gasteiger partial charge in [-0.15, -0.1) is 0 Å². The molecule has 1 atom stereocenters. The first kappa shape index (κ1) is 15.2. The van der Waals surface area contributed by atoms with Crippen LogP contribution in [0.4, 0.5) is 0 Å². The molecule has 0 aliphatic heterocycles. The van der Waals surface area contributed by atoms with Gasteiger partial charge in [0.05, 0.1) is 6.04 Å². The molecule has 0 aliphatic rings. The molecule has 2 aromatic rings. The van der Waals surface area contributed by atoms with Crippen LogP contribution < -0.4 is 11.1 Å². The van der Waals surface area contributed by atoms with Crippen molar-refractivity contribution >= 4 is 5.91 Å². The molecule has 0 saturated carbocycles. The molecular formula is C17H21N3O. The molecule has 4 heteroatoms. The van der Waals surface area contributed by atoms with Crippen LogP contribution in [-0.2, 0) is 17.8 Å². The van der Waals surface area contributed by atoms with Gasteiger partial charge >= 0.3 is 0 Å². The van der Waals surface area contributed by atoms with Crippen molar-refractivity contribution in [1.82, 2.24) is 10.3 Å². The Morgan fingerprint density at radius 1 is 1.29 bits per heavy atom. The third kappa shape index (κ3) is 4.68. The van der Waals surface area contributed by atoms with Gasteiger partial charge in [0.15, 0.2) is 0 Å². The Morgan fingerprint density at radius 3 is 2.76 bits per heavy atom. The summed E-state index contributed by atoms with van der Waals surface area (Å²) in [7, 11) is 0. The first-order valence-electron chi connectivity index (χ1n) is 7.13. The summed E-state index contributed by atoms with van der Waals surface area (Å²) >= 11 is 0. The summed E-state index contributed by atoms with van der Waals surface area (Å²) in [6.07, 6.45) is 4.97. The minimum Gasteiger partial charge on any atom is -0.351 e. The number of aromatic nitrogens is 1. The van der Waals surface area contributed by atoms with E-state index in [4.69, 9.17) is 5.73 Å². The molecule has 0 spiro atoms. The molecule has 1 amide bonds. The van der Waals surface area contributed by atoms with Gasteiger partial charge in [-0.25, -0.2) is 0 Å². The lowest BCUT2D eigenvalue weighted by atomic mass is 10.1. The van der Waals surface area contributed by atoms with Crippen molar-refractivity contribution in [3.8, 4) is 0 Å². The molecule has 1 aromatic heterocycles. The zero-order valence-electron chi connectivity index (χ0n) is 12.3. The third-order valence-electron chi connectivity index (χ3n) is 3.51. The number of hydrogen-bond acceptors (Lipinski definition) is 3. The highest BCUT2D eigenvalue weighted by Gasteiger charge is 2.13. The van der Waals surface area contributed by atoms with E-state index in [0.29, 0.717) is 13.0 Å². The van der Waals surface area contributed by atoms with Gasteiger partial charge in [0.25, 0.3) is 0 Å². The Kier molecular flexibility index (Phi) is 5.46. The number of benzene rings is 1. The van der Waals surface area contributed by atoms with Gasteiger partial charge in [0.2, 0.25) is 5.91 Å². The molecule has 3 N–H and O–H groups in total. The number of rotatable bonds is 6. The van der Waals surface area contributed by atoms with Crippen molar-refractivity contribution in [2.45, 2.75) is 32.4 Å². The molecule has 110 valence electrons. The number of pyridine rings is 1. The second kappa shape index (κ2) is 7.55. The second-order valence-electron chi connectivity index (χ2n) is 5.15. The summed E-state index contributed by atoms with van der Waals surface area (Å²) in [5.41, 5.74) is 9.27. The van der Waals surface area contributed by atoms with Gasteiger partial charge in [0, 0.05) is 18.9 Å². The van der Waals surface area contributed by atoms with Gasteiger partial charge in [-0.2, -0.15) is 0 Å². The third-order valence-corrected chi connectivity index (χ3v) is 3.51. The van der Waals surface area contributed by atoms with Crippen LogP contribution in [0.15, 0.2) is 48.8 Å². The lowest BCUT2D eigenvalue weighted by Gasteiger charge is -2.13. The van der Waals surface area contributed by atoms with E-state index < -0.39 is 6.04 Å². The predicted octanol–water partition coefficient (Wildman–Crippen LogP) is 1.97. The highest BCUT2D eigenvalue weighted by atomic mass is 16.2. The van der Waals surface area contributed by atoms with Crippen LogP contribution in [0.25, 0.3) is 0 Å². The van der Waals surface area contributed by atoms with Crippen LogP contribution >= 0.6 is 0 Å². The highest BCUT2D eigenvalue weighted by molar-refractivity contribution is 5.81. The molecule has 0 unspecified atom stereocenters. The van der Waals surface area contributed by atoms with Crippen molar-refractivity contribution in [3.63, 3.8) is 0 Å². The van der Waals surface area contributed by atoms with E-state index in [1.807, 2.05) is 43.3 Å². The maximum absolute atomic E-state index is 12.0. The quantitative estimate of drug-likeness (QED) is 0.851. The minimum absolute atomic E-state index is 0.109. The van der Waals surface area contributed by atoms with Crippen LogP contribution in [0.2, 0.25) is 0 Å². The molecule has 0 aliphatic carbocycles. The number of aryl methyl sites for hydroxylation is 2. The monoisotopic (exact) mass is 283 g/mol. The molecule has 21 heavy (non-hydrogen) atoms. The van der Waals surface area contributed by atoms with Gasteiger partial charge in [-0.3, -0.25) is 9.78 Å². The van der Waals surface area contributed by atoms with Gasteiger partial charge in [-0.05, 0) is 42.5 Å². The molecule has 4 nitrogen and oxygen atoms in total. The molecule has 0 fully saturated rings. The Labute approximate surface area is 125 Å². The highest BCUT2D eigenvalue weighted by Crippen LogP contribution is 2.06. The van der Waals surface area contributed by atoms with E-state index in [1.54, 1.807) is 12.4 Å². The molecule has 0 saturated heterocycles. The Hall–Kier alpha value is -2.20. The summed E-state index contributed by atoms with van der Waals surface area (Å²) in [4.78, 5) is 16.0. The molecule has 1 aromatic carbocycles. The summed E-state index contributed by atoms with van der Waals surface area (Å²) < 4.78 is 0. The molecule has 1 heterocycles. The van der Waals surface area contributed by atoms with E-state index >= 15 is 0 Å². The first-order chi connectivity index (χ1) is 10.2. The predicted molar refractivity (Wildman–Crippen MR) is 83.6 cm³/mol. The zero-order valence-corrected chi connectivity index (χ0v) is 12.3. The summed E-state index contributed by atoms with van der Waals surface area (Å²) in [6, 6.07) is 11.5. The van der Waals surface area contributed by atoms with Crippen molar-refractivity contribution in [1.29, 1.82) is 0 Å². The van der Waals surface area contributed by atoms with E-state index in [2.05, 4.69) is 10.3 Å². The van der Waals surface area contributed by atoms with Gasteiger partial charge in [-0.1, -0.05) is 30.3 Å². The number of nitrogens with zero attached hydrogens (tertiary/aromatic N) is 1. The Bertz CT molecular complexity index is 584. The topological polar surface area (TPSA) is 68.0 Å². The number of carbonyl (C=O) groups is 1. The molecule has 2 rings (SSSR count). The first-order valence-corrected chi connectivity index (χ1v) is 7.13. The van der Waals surface area contributed by atoms with Crippen LogP contribution in [0.1, 0.15) is 23.1 Å². The van der Waals surface area contributed by atoms with Crippen molar-refractivity contribution in [2.75, 3.05) is 0 Å². The Balaban J connectivity index is 1.79. The van der Waals surface area contributed by atoms with E-state index in [9.17, 15) is 4.79 Å². The molecule has 0 bridgehead atoms. The summed E-state index contributed by atoms with van der Waals surface area (Å²) in [5.74, 6) is -0.109. The van der Waals surface area contributed by atoms with Crippen molar-refractivity contribution in [3.05, 3.63) is 65.5 Å². The average molecular weight is 283 g/mol. The lowest BCUT2D eigenvalue weighted by Crippen LogP contribution is -2.40. The fourth-order valence-corrected chi connectivity index (χ4v) is 2.11. The zero-order chi connectivity index (χ0) is 15.1. The Morgan fingerprint density at radius 2 is 2.05 bits per heavy atom. The summed E-state index contributed by atoms with van der Waals surface area (Å²) in [5, 5.41) is 2.88. The maximum atomic E-state index is 12.0. The molecular weight excluding hydrogens is 262 g/mol. The van der Waals surface area contributed by atoms with Gasteiger partial charge < -0.3 is 11.1 Å². The van der Waals surface area contributed by atoms with E-state index in [-0.39, 0.29) is 5.91 Å². The number of nitrogens with two attached hydrogens (primary N) is 1. The minimum atomic E-state index is -0.479. The van der Waals surface area contributed by atoms with E-state index in [0.717, 1.165) is 17.5 Å². The van der Waals surface area contributed by atoms with E-state index in [1.165, 1.54) is 5.56 Å². The average Bonchev–Trinajstić information content (AvgIpc) is 2.52. The van der Waals surface area contributed by atoms with Crippen molar-refractivity contribution < 1.29 is 4.79 Å². The fourth-order valence-electron chi connectivity index (χ4n) is 2.11. The lowest BCUT2D eigenvalue weighted by molar-refractivity contribution is -0.122. The van der Waals surface area contributed by atoms with Crippen LogP contribution in [-0.4, -0.2) is 16.9 Å². The number of carbonyl (C=O) groups excluding carboxylic acids is 1. The maximum Gasteiger partial charge on any atom is 0.237 e.